The van der Waals surface area contributed by atoms with Crippen molar-refractivity contribution in [3.8, 4) is 0 Å². The molecule has 0 bridgehead atoms. The Morgan fingerprint density at radius 3 is 2.80 bits per heavy atom. The number of anilines is 1. The molecule has 0 saturated heterocycles. The van der Waals surface area contributed by atoms with Crippen molar-refractivity contribution in [2.75, 3.05) is 18.0 Å². The molecule has 130 valence electrons. The van der Waals surface area contributed by atoms with Gasteiger partial charge in [0, 0.05) is 30.4 Å². The van der Waals surface area contributed by atoms with Crippen molar-refractivity contribution in [1.82, 2.24) is 5.32 Å². The molecular weight excluding hydrogens is 318 g/mol. The zero-order valence-electron chi connectivity index (χ0n) is 14.4. The molecule has 0 spiro atoms. The van der Waals surface area contributed by atoms with E-state index < -0.39 is 10.8 Å². The zero-order valence-corrected chi connectivity index (χ0v) is 14.4. The molecule has 1 aliphatic heterocycles. The summed E-state index contributed by atoms with van der Waals surface area (Å²) >= 11 is 0. The topological polar surface area (TPSA) is 75.5 Å². The molecule has 1 amide bonds. The van der Waals surface area contributed by atoms with Crippen LogP contribution < -0.4 is 10.2 Å². The highest BCUT2D eigenvalue weighted by Crippen LogP contribution is 2.29. The summed E-state index contributed by atoms with van der Waals surface area (Å²) in [7, 11) is 0. The summed E-state index contributed by atoms with van der Waals surface area (Å²) < 4.78 is 0. The molecule has 1 aliphatic rings. The van der Waals surface area contributed by atoms with Gasteiger partial charge in [-0.15, -0.1) is 0 Å². The molecule has 2 aromatic rings. The smallest absolute Gasteiger partial charge is 0.285 e. The van der Waals surface area contributed by atoms with Crippen LogP contribution in [0.4, 0.5) is 11.4 Å². The average molecular weight is 339 g/mol. The van der Waals surface area contributed by atoms with E-state index in [0.29, 0.717) is 12.1 Å². The Kier molecular flexibility index (Phi) is 4.70. The van der Waals surface area contributed by atoms with Gasteiger partial charge in [-0.1, -0.05) is 30.3 Å². The number of carbonyl (C=O) groups is 1. The number of benzene rings is 2. The summed E-state index contributed by atoms with van der Waals surface area (Å²) in [4.78, 5) is 25.5. The molecule has 0 aromatic heterocycles. The number of carbonyl (C=O) groups excluding carboxylic acids is 1. The second-order valence-electron chi connectivity index (χ2n) is 6.36. The standard InChI is InChI=1S/C19H21N3O3/c1-13-6-5-8-16(18(13)22(24)25)19(23)20-12-14(2)21-11-10-15-7-3-4-9-17(15)21/h3-9,14H,10-12H2,1-2H3,(H,20,23). The van der Waals surface area contributed by atoms with Gasteiger partial charge in [-0.25, -0.2) is 0 Å². The van der Waals surface area contributed by atoms with Gasteiger partial charge < -0.3 is 10.2 Å². The molecule has 0 radical (unpaired) electrons. The monoisotopic (exact) mass is 339 g/mol. The second kappa shape index (κ2) is 6.93. The summed E-state index contributed by atoms with van der Waals surface area (Å²) in [5.41, 5.74) is 2.98. The van der Waals surface area contributed by atoms with Crippen molar-refractivity contribution in [3.63, 3.8) is 0 Å². The van der Waals surface area contributed by atoms with E-state index in [0.717, 1.165) is 13.0 Å². The van der Waals surface area contributed by atoms with E-state index in [4.69, 9.17) is 0 Å². The Morgan fingerprint density at radius 2 is 2.04 bits per heavy atom. The number of para-hydroxylation sites is 2. The van der Waals surface area contributed by atoms with Gasteiger partial charge in [-0.3, -0.25) is 14.9 Å². The molecule has 6 heteroatoms. The van der Waals surface area contributed by atoms with E-state index in [1.165, 1.54) is 17.3 Å². The molecule has 3 rings (SSSR count). The minimum Gasteiger partial charge on any atom is -0.366 e. The molecule has 6 nitrogen and oxygen atoms in total. The fraction of sp³-hybridized carbons (Fsp3) is 0.316. The molecule has 0 saturated carbocycles. The summed E-state index contributed by atoms with van der Waals surface area (Å²) in [5.74, 6) is -0.408. The maximum atomic E-state index is 12.5. The number of hydrogen-bond donors (Lipinski definition) is 1. The molecule has 2 aromatic carbocycles. The highest BCUT2D eigenvalue weighted by molar-refractivity contribution is 5.98. The number of hydrogen-bond acceptors (Lipinski definition) is 4. The van der Waals surface area contributed by atoms with Crippen LogP contribution in [0.1, 0.15) is 28.4 Å². The lowest BCUT2D eigenvalue weighted by Gasteiger charge is -2.27. The van der Waals surface area contributed by atoms with Crippen LogP contribution >= 0.6 is 0 Å². The van der Waals surface area contributed by atoms with Crippen LogP contribution in [0.3, 0.4) is 0 Å². The maximum Gasteiger partial charge on any atom is 0.285 e. The van der Waals surface area contributed by atoms with E-state index in [1.807, 2.05) is 19.1 Å². The van der Waals surface area contributed by atoms with Gasteiger partial charge in [0.1, 0.15) is 5.56 Å². The molecular formula is C19H21N3O3. The highest BCUT2D eigenvalue weighted by Gasteiger charge is 2.25. The minimum atomic E-state index is -0.496. The first kappa shape index (κ1) is 17.0. The van der Waals surface area contributed by atoms with Crippen LogP contribution in [-0.2, 0) is 6.42 Å². The summed E-state index contributed by atoms with van der Waals surface area (Å²) in [6, 6.07) is 13.2. The van der Waals surface area contributed by atoms with Gasteiger partial charge >= 0.3 is 0 Å². The van der Waals surface area contributed by atoms with Gasteiger partial charge in [0.25, 0.3) is 11.6 Å². The Labute approximate surface area is 146 Å². The highest BCUT2D eigenvalue weighted by atomic mass is 16.6. The van der Waals surface area contributed by atoms with Gasteiger partial charge in [0.2, 0.25) is 0 Å². The van der Waals surface area contributed by atoms with Crippen LogP contribution in [0.25, 0.3) is 0 Å². The van der Waals surface area contributed by atoms with Gasteiger partial charge in [0.05, 0.1) is 4.92 Å². The predicted octanol–water partition coefficient (Wildman–Crippen LogP) is 3.08. The number of rotatable bonds is 5. The lowest BCUT2D eigenvalue weighted by molar-refractivity contribution is -0.385. The van der Waals surface area contributed by atoms with E-state index >= 15 is 0 Å². The fourth-order valence-electron chi connectivity index (χ4n) is 3.35. The number of fused-ring (bicyclic) bond motifs is 1. The molecule has 1 unspecified atom stereocenters. The van der Waals surface area contributed by atoms with Crippen molar-refractivity contribution in [1.29, 1.82) is 0 Å². The average Bonchev–Trinajstić information content (AvgIpc) is 3.03. The fourth-order valence-corrected chi connectivity index (χ4v) is 3.35. The lowest BCUT2D eigenvalue weighted by Crippen LogP contribution is -2.41. The molecule has 25 heavy (non-hydrogen) atoms. The van der Waals surface area contributed by atoms with E-state index in [9.17, 15) is 14.9 Å². The Bertz CT molecular complexity index is 819. The third-order valence-corrected chi connectivity index (χ3v) is 4.68. The van der Waals surface area contributed by atoms with Crippen molar-refractivity contribution >= 4 is 17.3 Å². The minimum absolute atomic E-state index is 0.108. The van der Waals surface area contributed by atoms with Crippen LogP contribution in [0.5, 0.6) is 0 Å². The van der Waals surface area contributed by atoms with Gasteiger partial charge in [-0.2, -0.15) is 0 Å². The van der Waals surface area contributed by atoms with E-state index in [2.05, 4.69) is 22.3 Å². The number of nitrogens with zero attached hydrogens (tertiary/aromatic N) is 2. The first-order valence-corrected chi connectivity index (χ1v) is 8.35. The largest absolute Gasteiger partial charge is 0.366 e. The number of aryl methyl sites for hydroxylation is 1. The zero-order chi connectivity index (χ0) is 18.0. The third kappa shape index (κ3) is 3.33. The first-order chi connectivity index (χ1) is 12.0. The molecule has 1 atom stereocenters. The summed E-state index contributed by atoms with van der Waals surface area (Å²) in [6.45, 7) is 5.03. The van der Waals surface area contributed by atoms with Crippen molar-refractivity contribution in [3.05, 3.63) is 69.3 Å². The second-order valence-corrected chi connectivity index (χ2v) is 6.36. The van der Waals surface area contributed by atoms with Crippen molar-refractivity contribution in [2.45, 2.75) is 26.3 Å². The number of nitrogens with one attached hydrogen (secondary N) is 1. The lowest BCUT2D eigenvalue weighted by atomic mass is 10.1. The Hall–Kier alpha value is -2.89. The van der Waals surface area contributed by atoms with Crippen molar-refractivity contribution in [2.24, 2.45) is 0 Å². The number of nitro benzene ring substituents is 1. The molecule has 1 N–H and O–H groups in total. The van der Waals surface area contributed by atoms with E-state index in [-0.39, 0.29) is 17.3 Å². The van der Waals surface area contributed by atoms with Crippen LogP contribution in [0.15, 0.2) is 42.5 Å². The van der Waals surface area contributed by atoms with Crippen LogP contribution in [0, 0.1) is 17.0 Å². The quantitative estimate of drug-likeness (QED) is 0.671. The van der Waals surface area contributed by atoms with Gasteiger partial charge in [-0.05, 0) is 38.0 Å². The number of amides is 1. The molecule has 0 fully saturated rings. The number of nitro groups is 1. The predicted molar refractivity (Wildman–Crippen MR) is 97.1 cm³/mol. The Balaban J connectivity index is 1.70. The van der Waals surface area contributed by atoms with Gasteiger partial charge in [0.15, 0.2) is 0 Å². The maximum absolute atomic E-state index is 12.5. The van der Waals surface area contributed by atoms with Crippen LogP contribution in [0.2, 0.25) is 0 Å². The Morgan fingerprint density at radius 1 is 1.28 bits per heavy atom. The van der Waals surface area contributed by atoms with Crippen molar-refractivity contribution < 1.29 is 9.72 Å². The summed E-state index contributed by atoms with van der Waals surface area (Å²) in [6.07, 6.45) is 0.998. The van der Waals surface area contributed by atoms with E-state index in [1.54, 1.807) is 19.1 Å². The molecule has 0 aliphatic carbocycles. The molecule has 1 heterocycles. The first-order valence-electron chi connectivity index (χ1n) is 8.35. The normalized spacial score (nSPS) is 14.1. The SMILES string of the molecule is Cc1cccc(C(=O)NCC(C)N2CCc3ccccc32)c1[N+](=O)[O-]. The third-order valence-electron chi connectivity index (χ3n) is 4.68. The summed E-state index contributed by atoms with van der Waals surface area (Å²) in [5, 5.41) is 14.1. The van der Waals surface area contributed by atoms with Crippen LogP contribution in [-0.4, -0.2) is 30.0 Å².